The number of benzene rings is 6. The van der Waals surface area contributed by atoms with E-state index in [1.165, 1.54) is 0 Å². The molecule has 0 amide bonds. The summed E-state index contributed by atoms with van der Waals surface area (Å²) in [6.07, 6.45) is 1.84. The molecule has 0 unspecified atom stereocenters. The molecule has 0 aliphatic carbocycles. The minimum Gasteiger partial charge on any atom is -0.509 e. The molecular weight excluding hydrogens is 846 g/mol. The molecule has 0 atom stereocenters. The van der Waals surface area contributed by atoms with Gasteiger partial charge in [-0.15, -0.1) is 41.3 Å². The fourth-order valence-corrected chi connectivity index (χ4v) is 7.14. The van der Waals surface area contributed by atoms with Crippen LogP contribution in [0.1, 0.15) is 33.2 Å². The predicted molar refractivity (Wildman–Crippen MR) is 214 cm³/mol. The summed E-state index contributed by atoms with van der Waals surface area (Å²) < 4.78 is 53.8. The molecule has 0 bridgehead atoms. The van der Waals surface area contributed by atoms with Crippen LogP contribution in [0.2, 0.25) is 0 Å². The molecule has 6 aromatic carbocycles. The van der Waals surface area contributed by atoms with E-state index in [1.807, 2.05) is 101 Å². The van der Waals surface area contributed by atoms with Gasteiger partial charge in [0.15, 0.2) is 0 Å². The molecule has 54 heavy (non-hydrogen) atoms. The molecule has 0 spiro atoms. The van der Waals surface area contributed by atoms with Crippen molar-refractivity contribution in [1.82, 2.24) is 19.1 Å². The number of ether oxygens (including phenoxy) is 1. The number of pyridine rings is 1. The maximum Gasteiger partial charge on any atom is 0.135 e. The normalized spacial score (nSPS) is 13.6. The van der Waals surface area contributed by atoms with Gasteiger partial charge in [0.05, 0.1) is 6.85 Å². The van der Waals surface area contributed by atoms with Gasteiger partial charge in [-0.05, 0) is 70.0 Å². The summed E-state index contributed by atoms with van der Waals surface area (Å²) in [4.78, 5) is 11.7. The van der Waals surface area contributed by atoms with Crippen molar-refractivity contribution in [2.75, 3.05) is 4.90 Å². The molecule has 10 rings (SSSR count). The van der Waals surface area contributed by atoms with E-state index in [2.05, 4.69) is 55.7 Å². The van der Waals surface area contributed by atoms with E-state index in [1.54, 1.807) is 12.1 Å². The minimum atomic E-state index is -0.462. The van der Waals surface area contributed by atoms with E-state index in [4.69, 9.17) is 21.6 Å². The van der Waals surface area contributed by atoms with Gasteiger partial charge in [-0.3, -0.25) is 0 Å². The molecule has 0 fully saturated rings. The van der Waals surface area contributed by atoms with Crippen LogP contribution in [0.5, 0.6) is 11.5 Å². The molecule has 9 aromatic rings. The Hall–Kier alpha value is -6.10. The van der Waals surface area contributed by atoms with Crippen molar-refractivity contribution in [2.45, 2.75) is 26.2 Å². The Bertz CT molecular complexity index is 3120. The Morgan fingerprint density at radius 2 is 1.52 bits per heavy atom. The van der Waals surface area contributed by atoms with Crippen molar-refractivity contribution >= 4 is 44.2 Å². The quantitative estimate of drug-likeness (QED) is 0.162. The van der Waals surface area contributed by atoms with Crippen LogP contribution in [-0.2, 0) is 26.5 Å². The second-order valence-corrected chi connectivity index (χ2v) is 14.1. The second kappa shape index (κ2) is 13.1. The third kappa shape index (κ3) is 5.66. The molecule has 0 radical (unpaired) electrons. The molecule has 4 heterocycles. The van der Waals surface area contributed by atoms with Crippen LogP contribution in [0.25, 0.3) is 61.2 Å². The van der Waals surface area contributed by atoms with Gasteiger partial charge in [0.1, 0.15) is 5.82 Å². The summed E-state index contributed by atoms with van der Waals surface area (Å²) in [7, 11) is 0. The number of hydrogen-bond acceptors (Lipinski definition) is 4. The largest absolute Gasteiger partial charge is 0.509 e. The zero-order valence-electron chi connectivity index (χ0n) is 34.5. The first kappa shape index (κ1) is 28.4. The molecule has 0 saturated heterocycles. The number of aromatic nitrogens is 4. The summed E-state index contributed by atoms with van der Waals surface area (Å²) in [5.74, 6) is 2.20. The maximum atomic E-state index is 8.89. The first-order chi connectivity index (χ1) is 28.0. The topological polar surface area (TPSA) is 48.1 Å². The van der Waals surface area contributed by atoms with Crippen LogP contribution >= 0.6 is 0 Å². The van der Waals surface area contributed by atoms with Crippen molar-refractivity contribution in [1.29, 1.82) is 0 Å². The summed E-state index contributed by atoms with van der Waals surface area (Å²) in [5, 5.41) is 2.03. The molecule has 3 aromatic heterocycles. The van der Waals surface area contributed by atoms with Gasteiger partial charge in [0.25, 0.3) is 0 Å². The molecular formula is C47H34N5OPt-3. The molecule has 266 valence electrons. The molecule has 1 aliphatic heterocycles. The average molecular weight is 885 g/mol. The molecule has 1 aliphatic rings. The summed E-state index contributed by atoms with van der Waals surface area (Å²) >= 11 is 0. The smallest absolute Gasteiger partial charge is 0.135 e. The van der Waals surface area contributed by atoms with Crippen LogP contribution in [0.4, 0.5) is 11.4 Å². The van der Waals surface area contributed by atoms with Gasteiger partial charge < -0.3 is 23.8 Å². The standard InChI is InChI=1S/C47H34N5O.Pt/c1-47(2,3)33-23-24-48-45(27-33)52-42-19-11-7-15-37(42)38-22-21-35(29-44(38)52)53-36-26-32(31-13-5-4-6-14-31)25-34(28-36)50-30-51-43-20-12-9-17-40(43)49-46(51)39-16-8-10-18-41(39)50;/h4-27,30H,1-3H3;/q-3;/i4D,5D,6D,13D,14D;. The molecule has 0 N–H and O–H groups in total. The Kier molecular flexibility index (Phi) is 6.88. The summed E-state index contributed by atoms with van der Waals surface area (Å²) in [5.41, 5.74) is 7.22. The first-order valence-corrected chi connectivity index (χ1v) is 17.4. The Morgan fingerprint density at radius 3 is 2.37 bits per heavy atom. The van der Waals surface area contributed by atoms with Crippen molar-refractivity contribution in [2.24, 2.45) is 0 Å². The minimum absolute atomic E-state index is 0. The number of rotatable bonds is 5. The Balaban J connectivity index is 0.00000449. The van der Waals surface area contributed by atoms with Crippen LogP contribution in [0.3, 0.4) is 0 Å². The third-order valence-corrected chi connectivity index (χ3v) is 9.73. The molecule has 6 nitrogen and oxygen atoms in total. The van der Waals surface area contributed by atoms with E-state index < -0.39 is 18.1 Å². The monoisotopic (exact) mass is 884 g/mol. The van der Waals surface area contributed by atoms with Crippen LogP contribution < -0.4 is 9.64 Å². The number of imidazole rings is 1. The SMILES string of the molecule is [2H]c1c([2H])c([2H])c(-c2cc(Oc3[c-]c4c(cc3)c3ccccc3n4-c3cc(C(C)(C)C)ccn3)[c-]c(N3[CH-]n4c(nc5ccccc54)-c4ccccc43)c2)c([2H])c1[2H].[Pt]. The van der Waals surface area contributed by atoms with Crippen molar-refractivity contribution in [3.8, 4) is 39.8 Å². The van der Waals surface area contributed by atoms with E-state index in [9.17, 15) is 0 Å². The van der Waals surface area contributed by atoms with Crippen LogP contribution in [0.15, 0.2) is 146 Å². The van der Waals surface area contributed by atoms with E-state index in [-0.39, 0.29) is 49.9 Å². The number of fused-ring (bicyclic) bond motifs is 8. The molecule has 0 saturated carbocycles. The number of hydrogen-bond donors (Lipinski definition) is 0. The number of nitrogens with zero attached hydrogens (tertiary/aromatic N) is 5. The average Bonchev–Trinajstić information content (AvgIpc) is 3.77. The second-order valence-electron chi connectivity index (χ2n) is 14.1. The van der Waals surface area contributed by atoms with Gasteiger partial charge in [0, 0.05) is 61.3 Å². The van der Waals surface area contributed by atoms with Gasteiger partial charge in [0.2, 0.25) is 0 Å². The summed E-state index contributed by atoms with van der Waals surface area (Å²) in [6.45, 7) is 8.46. The Labute approximate surface area is 335 Å². The van der Waals surface area contributed by atoms with Crippen LogP contribution in [0, 0.1) is 18.8 Å². The van der Waals surface area contributed by atoms with E-state index >= 15 is 0 Å². The third-order valence-electron chi connectivity index (χ3n) is 9.73. The zero-order chi connectivity index (χ0) is 40.0. The van der Waals surface area contributed by atoms with Crippen molar-refractivity contribution in [3.63, 3.8) is 0 Å². The fourth-order valence-electron chi connectivity index (χ4n) is 7.14. The first-order valence-electron chi connectivity index (χ1n) is 19.9. The van der Waals surface area contributed by atoms with Gasteiger partial charge in [-0.25, -0.2) is 4.98 Å². The van der Waals surface area contributed by atoms with E-state index in [0.717, 1.165) is 61.3 Å². The van der Waals surface area contributed by atoms with Gasteiger partial charge in [-0.2, -0.15) is 6.07 Å². The zero-order valence-corrected chi connectivity index (χ0v) is 31.8. The number of anilines is 2. The Morgan fingerprint density at radius 1 is 0.741 bits per heavy atom. The van der Waals surface area contributed by atoms with Gasteiger partial charge >= 0.3 is 0 Å². The maximum absolute atomic E-state index is 8.89. The predicted octanol–water partition coefficient (Wildman–Crippen LogP) is 11.7. The van der Waals surface area contributed by atoms with Crippen LogP contribution in [-0.4, -0.2) is 19.1 Å². The fraction of sp³-hybridized carbons (Fsp3) is 0.0851. The summed E-state index contributed by atoms with van der Waals surface area (Å²) in [6, 6.07) is 40.5. The number of para-hydroxylation sites is 4. The molecule has 7 heteroatoms. The van der Waals surface area contributed by atoms with Gasteiger partial charge in [-0.1, -0.05) is 117 Å². The van der Waals surface area contributed by atoms with E-state index in [0.29, 0.717) is 17.0 Å². The van der Waals surface area contributed by atoms with Crippen molar-refractivity contribution in [3.05, 3.63) is 170 Å². The van der Waals surface area contributed by atoms with Crippen molar-refractivity contribution < 1.29 is 32.7 Å².